The van der Waals surface area contributed by atoms with Crippen molar-refractivity contribution in [3.63, 3.8) is 0 Å². The van der Waals surface area contributed by atoms with E-state index >= 15 is 0 Å². The first-order valence-corrected chi connectivity index (χ1v) is 14.9. The number of nitrogens with one attached hydrogen (secondary N) is 1. The van der Waals surface area contributed by atoms with Crippen molar-refractivity contribution in [2.24, 2.45) is 10.9 Å². The van der Waals surface area contributed by atoms with Gasteiger partial charge in [-0.2, -0.15) is 0 Å². The van der Waals surface area contributed by atoms with Gasteiger partial charge in [0.05, 0.1) is 36.4 Å². The number of rotatable bonds is 9. The number of esters is 2. The van der Waals surface area contributed by atoms with Crippen molar-refractivity contribution in [3.05, 3.63) is 80.1 Å². The van der Waals surface area contributed by atoms with Gasteiger partial charge in [-0.15, -0.1) is 11.3 Å². The van der Waals surface area contributed by atoms with Crippen molar-refractivity contribution < 1.29 is 32.3 Å². The van der Waals surface area contributed by atoms with Gasteiger partial charge in [-0.25, -0.2) is 23.5 Å². The average Bonchev–Trinajstić information content (AvgIpc) is 3.72. The Hall–Kier alpha value is -3.64. The summed E-state index contributed by atoms with van der Waals surface area (Å²) in [6, 6.07) is 1.28. The number of halogens is 3. The first-order chi connectivity index (χ1) is 20.3. The van der Waals surface area contributed by atoms with Gasteiger partial charge in [-0.1, -0.05) is 17.7 Å². The van der Waals surface area contributed by atoms with Crippen LogP contribution in [-0.4, -0.2) is 41.5 Å². The number of aryl methyl sites for hydroxylation is 1. The molecule has 1 aliphatic heterocycles. The molecule has 42 heavy (non-hydrogen) atoms. The summed E-state index contributed by atoms with van der Waals surface area (Å²) in [6.07, 6.45) is 6.66. The molecule has 1 saturated carbocycles. The van der Waals surface area contributed by atoms with Gasteiger partial charge < -0.3 is 19.2 Å². The largest absolute Gasteiger partial charge is 0.469 e. The standard InChI is InChI=1S/C29H29ClF2N4O5S/c1-3-40-29(38)21-24(15-4-6-16(7-5-15)27-34-17(14-41-27)8-11-20(37)39-2)35-26(28-33-12-13-42-28)36-25(21)18-9-10-19(31)23(32)22(18)30/h9-10,12-16,25H,3-8,11H2,1-2H3,(H,35,36). The van der Waals surface area contributed by atoms with E-state index in [2.05, 4.69) is 15.3 Å². The van der Waals surface area contributed by atoms with Crippen molar-refractivity contribution in [2.45, 2.75) is 57.4 Å². The number of thiazole rings is 1. The molecule has 222 valence electrons. The molecule has 1 N–H and O–H groups in total. The fourth-order valence-corrected chi connectivity index (χ4v) is 6.18. The van der Waals surface area contributed by atoms with Gasteiger partial charge in [-0.3, -0.25) is 9.79 Å². The summed E-state index contributed by atoms with van der Waals surface area (Å²) in [7, 11) is 1.35. The van der Waals surface area contributed by atoms with E-state index in [9.17, 15) is 18.4 Å². The second kappa shape index (κ2) is 13.1. The van der Waals surface area contributed by atoms with Gasteiger partial charge in [0.2, 0.25) is 0 Å². The Kier molecular flexibility index (Phi) is 9.32. The minimum atomic E-state index is -1.21. The van der Waals surface area contributed by atoms with Crippen LogP contribution >= 0.6 is 22.9 Å². The second-order valence-corrected chi connectivity index (χ2v) is 11.2. The summed E-state index contributed by atoms with van der Waals surface area (Å²) in [6.45, 7) is 1.81. The maximum absolute atomic E-state index is 14.6. The van der Waals surface area contributed by atoms with Crippen LogP contribution in [0.2, 0.25) is 5.02 Å². The first kappa shape index (κ1) is 29.8. The molecular formula is C29H29ClF2N4O5S. The normalized spacial score (nSPS) is 20.6. The molecule has 5 rings (SSSR count). The zero-order valence-corrected chi connectivity index (χ0v) is 24.6. The topological polar surface area (TPSA) is 116 Å². The summed E-state index contributed by atoms with van der Waals surface area (Å²) >= 11 is 7.64. The van der Waals surface area contributed by atoms with E-state index in [0.29, 0.717) is 47.4 Å². The molecule has 1 unspecified atom stereocenters. The molecule has 0 amide bonds. The molecule has 2 aromatic heterocycles. The van der Waals surface area contributed by atoms with Gasteiger partial charge >= 0.3 is 11.9 Å². The number of methoxy groups -OCH3 is 1. The quantitative estimate of drug-likeness (QED) is 0.228. The third-order valence-electron chi connectivity index (χ3n) is 7.43. The Balaban J connectivity index is 1.46. The highest BCUT2D eigenvalue weighted by Gasteiger charge is 2.39. The molecule has 3 heterocycles. The van der Waals surface area contributed by atoms with E-state index in [4.69, 9.17) is 30.5 Å². The van der Waals surface area contributed by atoms with Gasteiger partial charge in [0, 0.05) is 35.2 Å². The number of hydrogen-bond donors (Lipinski definition) is 1. The number of hydrogen-bond acceptors (Lipinski definition) is 10. The fraction of sp³-hybridized carbons (Fsp3) is 0.414. The number of aromatic nitrogens is 2. The summed E-state index contributed by atoms with van der Waals surface area (Å²) in [5, 5.41) is 5.26. The number of benzene rings is 1. The first-order valence-electron chi connectivity index (χ1n) is 13.6. The Morgan fingerprint density at radius 2 is 1.95 bits per heavy atom. The van der Waals surface area contributed by atoms with Crippen molar-refractivity contribution in [2.75, 3.05) is 13.7 Å². The van der Waals surface area contributed by atoms with Crippen LogP contribution in [0.15, 0.2) is 50.7 Å². The number of amidine groups is 1. The molecule has 1 fully saturated rings. The maximum atomic E-state index is 14.6. The van der Waals surface area contributed by atoms with Crippen LogP contribution in [-0.2, 0) is 25.5 Å². The Morgan fingerprint density at radius 1 is 1.19 bits per heavy atom. The zero-order valence-electron chi connectivity index (χ0n) is 23.0. The molecule has 3 aromatic rings. The monoisotopic (exact) mass is 618 g/mol. The van der Waals surface area contributed by atoms with Crippen LogP contribution in [0.3, 0.4) is 0 Å². The van der Waals surface area contributed by atoms with Gasteiger partial charge in [-0.05, 0) is 44.6 Å². The van der Waals surface area contributed by atoms with Gasteiger partial charge in [0.15, 0.2) is 28.4 Å². The molecule has 0 spiro atoms. The molecule has 0 radical (unpaired) electrons. The highest BCUT2D eigenvalue weighted by molar-refractivity contribution is 7.11. The van der Waals surface area contributed by atoms with Crippen molar-refractivity contribution in [1.29, 1.82) is 0 Å². The number of nitrogens with zero attached hydrogens (tertiary/aromatic N) is 3. The average molecular weight is 619 g/mol. The predicted octanol–water partition coefficient (Wildman–Crippen LogP) is 6.05. The molecule has 2 aliphatic rings. The Bertz CT molecular complexity index is 1520. The third kappa shape index (κ3) is 6.24. The van der Waals surface area contributed by atoms with E-state index < -0.39 is 28.7 Å². The molecule has 13 heteroatoms. The van der Waals surface area contributed by atoms with Gasteiger partial charge in [0.25, 0.3) is 0 Å². The van der Waals surface area contributed by atoms with Crippen LogP contribution in [0.5, 0.6) is 0 Å². The van der Waals surface area contributed by atoms with Gasteiger partial charge in [0.1, 0.15) is 12.3 Å². The number of oxazole rings is 1. The minimum Gasteiger partial charge on any atom is -0.469 e. The lowest BCUT2D eigenvalue weighted by molar-refractivity contribution is -0.141. The second-order valence-electron chi connectivity index (χ2n) is 9.96. The molecule has 1 atom stereocenters. The van der Waals surface area contributed by atoms with E-state index in [-0.39, 0.29) is 42.0 Å². The SMILES string of the molecule is CCOC(=O)C1=C(C2CCC(c3nc(CCC(=O)OC)co3)CC2)NC(c2nccs2)=NC1c1ccc(F)c(F)c1Cl. The molecule has 0 saturated heterocycles. The summed E-state index contributed by atoms with van der Waals surface area (Å²) in [5.74, 6) is -2.25. The maximum Gasteiger partial charge on any atom is 0.338 e. The van der Waals surface area contributed by atoms with Crippen LogP contribution < -0.4 is 5.32 Å². The number of carbonyl (C=O) groups is 2. The van der Waals surface area contributed by atoms with E-state index in [0.717, 1.165) is 18.9 Å². The number of aliphatic imine (C=N–C) groups is 1. The highest BCUT2D eigenvalue weighted by atomic mass is 35.5. The fourth-order valence-electron chi connectivity index (χ4n) is 5.33. The molecule has 1 aromatic carbocycles. The van der Waals surface area contributed by atoms with Crippen LogP contribution in [0, 0.1) is 17.6 Å². The Labute approximate surface area is 250 Å². The molecular weight excluding hydrogens is 590 g/mol. The molecule has 9 nitrogen and oxygen atoms in total. The number of ether oxygens (including phenoxy) is 2. The van der Waals surface area contributed by atoms with Crippen molar-refractivity contribution in [1.82, 2.24) is 15.3 Å². The predicted molar refractivity (Wildman–Crippen MR) is 151 cm³/mol. The lowest BCUT2D eigenvalue weighted by atomic mass is 9.78. The third-order valence-corrected chi connectivity index (χ3v) is 8.60. The van der Waals surface area contributed by atoms with E-state index in [1.54, 1.807) is 24.8 Å². The minimum absolute atomic E-state index is 0.0619. The Morgan fingerprint density at radius 3 is 2.64 bits per heavy atom. The molecule has 0 bridgehead atoms. The smallest absolute Gasteiger partial charge is 0.338 e. The van der Waals surface area contributed by atoms with E-state index in [1.807, 2.05) is 0 Å². The van der Waals surface area contributed by atoms with Crippen LogP contribution in [0.4, 0.5) is 8.78 Å². The molecule has 1 aliphatic carbocycles. The summed E-state index contributed by atoms with van der Waals surface area (Å²) in [4.78, 5) is 38.6. The number of allylic oxidation sites excluding steroid dienone is 1. The lowest BCUT2D eigenvalue weighted by Gasteiger charge is -2.34. The summed E-state index contributed by atoms with van der Waals surface area (Å²) in [5.41, 5.74) is 1.65. The van der Waals surface area contributed by atoms with Crippen molar-refractivity contribution in [3.8, 4) is 0 Å². The lowest BCUT2D eigenvalue weighted by Crippen LogP contribution is -2.38. The van der Waals surface area contributed by atoms with Crippen molar-refractivity contribution >= 4 is 40.7 Å². The summed E-state index contributed by atoms with van der Waals surface area (Å²) < 4.78 is 44.5. The number of carbonyl (C=O) groups excluding carboxylic acids is 2. The highest BCUT2D eigenvalue weighted by Crippen LogP contribution is 2.44. The van der Waals surface area contributed by atoms with E-state index in [1.165, 1.54) is 24.5 Å². The van der Waals surface area contributed by atoms with Crippen LogP contribution in [0.25, 0.3) is 0 Å². The van der Waals surface area contributed by atoms with Crippen LogP contribution in [0.1, 0.15) is 73.1 Å². The zero-order chi connectivity index (χ0) is 29.8.